The highest BCUT2D eigenvalue weighted by Gasteiger charge is 2.18. The van der Waals surface area contributed by atoms with Gasteiger partial charge in [-0.1, -0.05) is 42.5 Å². The third-order valence-electron chi connectivity index (χ3n) is 5.22. The minimum atomic E-state index is -0.860. The Bertz CT molecular complexity index is 804. The molecule has 2 amide bonds. The zero-order chi connectivity index (χ0) is 20.5. The number of nitrogens with one attached hydrogen (secondary N) is 2. The number of carbonyl (C=O) groups is 2. The molecule has 154 valence electrons. The van der Waals surface area contributed by atoms with Crippen molar-refractivity contribution in [3.05, 3.63) is 60.2 Å². The van der Waals surface area contributed by atoms with E-state index in [1.54, 1.807) is 0 Å². The highest BCUT2D eigenvalue weighted by Crippen LogP contribution is 2.28. The van der Waals surface area contributed by atoms with Gasteiger partial charge in [-0.2, -0.15) is 0 Å². The van der Waals surface area contributed by atoms with Crippen molar-refractivity contribution >= 4 is 23.4 Å². The number of para-hydroxylation sites is 2. The number of hydrogen-bond acceptors (Lipinski definition) is 3. The number of carboxylic acid groups (broad SMARTS) is 1. The smallest absolute Gasteiger partial charge is 0.319 e. The minimum Gasteiger partial charge on any atom is -0.481 e. The molecule has 0 saturated carbocycles. The van der Waals surface area contributed by atoms with Crippen LogP contribution in [0.1, 0.15) is 37.7 Å². The van der Waals surface area contributed by atoms with E-state index >= 15 is 0 Å². The number of nitrogens with zero attached hydrogens (tertiary/aromatic N) is 1. The molecule has 0 radical (unpaired) electrons. The Morgan fingerprint density at radius 3 is 2.38 bits per heavy atom. The molecule has 6 heteroatoms. The first-order chi connectivity index (χ1) is 14.1. The largest absolute Gasteiger partial charge is 0.481 e. The Morgan fingerprint density at radius 2 is 1.66 bits per heavy atom. The number of carboxylic acids is 1. The fourth-order valence-electron chi connectivity index (χ4n) is 3.76. The fourth-order valence-corrected chi connectivity index (χ4v) is 3.76. The minimum absolute atomic E-state index is 0.0160. The van der Waals surface area contributed by atoms with E-state index < -0.39 is 5.97 Å². The van der Waals surface area contributed by atoms with E-state index in [0.717, 1.165) is 42.9 Å². The lowest BCUT2D eigenvalue weighted by molar-refractivity contribution is -0.137. The molecule has 0 spiro atoms. The lowest BCUT2D eigenvalue weighted by atomic mass is 10.0. The zero-order valence-corrected chi connectivity index (χ0v) is 16.6. The molecule has 2 aromatic carbocycles. The lowest BCUT2D eigenvalue weighted by Crippen LogP contribution is -2.40. The highest BCUT2D eigenvalue weighted by atomic mass is 16.4. The van der Waals surface area contributed by atoms with Gasteiger partial charge in [-0.3, -0.25) is 4.79 Å². The number of benzene rings is 2. The van der Waals surface area contributed by atoms with Gasteiger partial charge in [-0.15, -0.1) is 0 Å². The number of amides is 2. The van der Waals surface area contributed by atoms with Gasteiger partial charge in [0.1, 0.15) is 0 Å². The molecular formula is C23H29N3O3. The molecule has 0 aliphatic carbocycles. The van der Waals surface area contributed by atoms with Gasteiger partial charge in [0, 0.05) is 25.6 Å². The molecule has 1 unspecified atom stereocenters. The average molecular weight is 396 g/mol. The standard InChI is InChI=1S/C23H29N3O3/c27-22(28)14-13-19(17-18-9-3-1-4-10-18)24-23(29)25-20-11-5-6-12-21(20)26-15-7-2-8-16-26/h1,3-6,9-12,19H,2,7-8,13-17H2,(H,27,28)(H2,24,25,29). The summed E-state index contributed by atoms with van der Waals surface area (Å²) in [4.78, 5) is 26.0. The Labute approximate surface area is 171 Å². The van der Waals surface area contributed by atoms with Crippen molar-refractivity contribution in [1.29, 1.82) is 0 Å². The van der Waals surface area contributed by atoms with Crippen LogP contribution in [0.2, 0.25) is 0 Å². The number of aliphatic carboxylic acids is 1. The quantitative estimate of drug-likeness (QED) is 0.623. The van der Waals surface area contributed by atoms with Crippen molar-refractivity contribution in [3.63, 3.8) is 0 Å². The van der Waals surface area contributed by atoms with Crippen LogP contribution in [0.3, 0.4) is 0 Å². The summed E-state index contributed by atoms with van der Waals surface area (Å²) in [5.74, 6) is -0.860. The highest BCUT2D eigenvalue weighted by molar-refractivity contribution is 5.93. The summed E-state index contributed by atoms with van der Waals surface area (Å²) in [6, 6.07) is 17.1. The topological polar surface area (TPSA) is 81.7 Å². The van der Waals surface area contributed by atoms with Gasteiger partial charge in [-0.05, 0) is 49.8 Å². The lowest BCUT2D eigenvalue weighted by Gasteiger charge is -2.30. The molecule has 3 rings (SSSR count). The molecule has 1 heterocycles. The van der Waals surface area contributed by atoms with E-state index in [1.807, 2.05) is 54.6 Å². The second-order valence-corrected chi connectivity index (χ2v) is 7.48. The zero-order valence-electron chi connectivity index (χ0n) is 16.6. The first-order valence-corrected chi connectivity index (χ1v) is 10.3. The number of anilines is 2. The van der Waals surface area contributed by atoms with Gasteiger partial charge < -0.3 is 20.6 Å². The molecule has 1 aliphatic heterocycles. The van der Waals surface area contributed by atoms with E-state index in [1.165, 1.54) is 6.42 Å². The Kier molecular flexibility index (Phi) is 7.50. The SMILES string of the molecule is O=C(O)CCC(Cc1ccccc1)NC(=O)Nc1ccccc1N1CCCCC1. The molecule has 1 saturated heterocycles. The van der Waals surface area contributed by atoms with Crippen molar-refractivity contribution in [1.82, 2.24) is 5.32 Å². The van der Waals surface area contributed by atoms with Gasteiger partial charge >= 0.3 is 12.0 Å². The van der Waals surface area contributed by atoms with Crippen molar-refractivity contribution in [3.8, 4) is 0 Å². The van der Waals surface area contributed by atoms with Crippen LogP contribution in [0.25, 0.3) is 0 Å². The maximum atomic E-state index is 12.7. The summed E-state index contributed by atoms with van der Waals surface area (Å²) in [7, 11) is 0. The molecule has 1 aliphatic rings. The second kappa shape index (κ2) is 10.5. The average Bonchev–Trinajstić information content (AvgIpc) is 2.74. The number of carbonyl (C=O) groups excluding carboxylic acids is 1. The van der Waals surface area contributed by atoms with Gasteiger partial charge in [-0.25, -0.2) is 4.79 Å². The van der Waals surface area contributed by atoms with Gasteiger partial charge in [0.15, 0.2) is 0 Å². The summed E-state index contributed by atoms with van der Waals surface area (Å²) in [6.45, 7) is 1.99. The second-order valence-electron chi connectivity index (χ2n) is 7.48. The maximum absolute atomic E-state index is 12.7. The molecule has 0 aromatic heterocycles. The first kappa shape index (κ1) is 20.7. The predicted molar refractivity (Wildman–Crippen MR) is 115 cm³/mol. The van der Waals surface area contributed by atoms with Gasteiger partial charge in [0.2, 0.25) is 0 Å². The summed E-state index contributed by atoms with van der Waals surface area (Å²) in [5, 5.41) is 15.0. The molecular weight excluding hydrogens is 366 g/mol. The van der Waals surface area contributed by atoms with Gasteiger partial charge in [0.05, 0.1) is 11.4 Å². The summed E-state index contributed by atoms with van der Waals surface area (Å²) in [6.07, 6.45) is 4.56. The Morgan fingerprint density at radius 1 is 0.966 bits per heavy atom. The van der Waals surface area contributed by atoms with Gasteiger partial charge in [0.25, 0.3) is 0 Å². The van der Waals surface area contributed by atoms with Crippen LogP contribution in [0.15, 0.2) is 54.6 Å². The van der Waals surface area contributed by atoms with Crippen LogP contribution in [0, 0.1) is 0 Å². The Balaban J connectivity index is 1.65. The summed E-state index contributed by atoms with van der Waals surface area (Å²) in [5.41, 5.74) is 2.88. The van der Waals surface area contributed by atoms with Crippen molar-refractivity contribution in [2.24, 2.45) is 0 Å². The monoisotopic (exact) mass is 395 g/mol. The van der Waals surface area contributed by atoms with E-state index in [9.17, 15) is 9.59 Å². The van der Waals surface area contributed by atoms with E-state index in [0.29, 0.717) is 12.8 Å². The number of hydrogen-bond donors (Lipinski definition) is 3. The summed E-state index contributed by atoms with van der Waals surface area (Å²) >= 11 is 0. The Hall–Kier alpha value is -3.02. The predicted octanol–water partition coefficient (Wildman–Crippen LogP) is 4.27. The summed E-state index contributed by atoms with van der Waals surface area (Å²) < 4.78 is 0. The number of urea groups is 1. The van der Waals surface area contributed by atoms with E-state index in [-0.39, 0.29) is 18.5 Å². The normalized spacial score (nSPS) is 14.8. The van der Waals surface area contributed by atoms with Crippen LogP contribution in [0.5, 0.6) is 0 Å². The molecule has 1 atom stereocenters. The van der Waals surface area contributed by atoms with E-state index in [2.05, 4.69) is 15.5 Å². The number of piperidine rings is 1. The molecule has 3 N–H and O–H groups in total. The first-order valence-electron chi connectivity index (χ1n) is 10.3. The third-order valence-corrected chi connectivity index (χ3v) is 5.22. The van der Waals surface area contributed by atoms with Crippen LogP contribution in [0.4, 0.5) is 16.2 Å². The van der Waals surface area contributed by atoms with Crippen LogP contribution >= 0.6 is 0 Å². The molecule has 29 heavy (non-hydrogen) atoms. The number of rotatable bonds is 8. The molecule has 1 fully saturated rings. The van der Waals surface area contributed by atoms with Crippen LogP contribution in [-0.4, -0.2) is 36.2 Å². The van der Waals surface area contributed by atoms with Crippen molar-refractivity contribution < 1.29 is 14.7 Å². The molecule has 6 nitrogen and oxygen atoms in total. The van der Waals surface area contributed by atoms with Crippen LogP contribution < -0.4 is 15.5 Å². The fraction of sp³-hybridized carbons (Fsp3) is 0.391. The van der Waals surface area contributed by atoms with Crippen molar-refractivity contribution in [2.45, 2.75) is 44.6 Å². The van der Waals surface area contributed by atoms with Crippen LogP contribution in [-0.2, 0) is 11.2 Å². The molecule has 2 aromatic rings. The molecule has 0 bridgehead atoms. The van der Waals surface area contributed by atoms with Crippen molar-refractivity contribution in [2.75, 3.05) is 23.3 Å². The maximum Gasteiger partial charge on any atom is 0.319 e. The van der Waals surface area contributed by atoms with E-state index in [4.69, 9.17) is 5.11 Å². The third kappa shape index (κ3) is 6.52.